The van der Waals surface area contributed by atoms with Crippen molar-refractivity contribution < 1.29 is 4.74 Å². The van der Waals surface area contributed by atoms with Gasteiger partial charge < -0.3 is 10.1 Å². The molecule has 3 nitrogen and oxygen atoms in total. The van der Waals surface area contributed by atoms with Crippen molar-refractivity contribution in [1.82, 2.24) is 10.3 Å². The average molecular weight is 250 g/mol. The van der Waals surface area contributed by atoms with Crippen LogP contribution in [0.25, 0.3) is 0 Å². The van der Waals surface area contributed by atoms with Crippen LogP contribution in [0.2, 0.25) is 0 Å². The summed E-state index contributed by atoms with van der Waals surface area (Å²) in [5.41, 5.74) is 3.55. The SMILES string of the molecule is CCCNC(CCCOC)c1cc(C)nc(C)c1. The van der Waals surface area contributed by atoms with Gasteiger partial charge in [-0.15, -0.1) is 0 Å². The number of methoxy groups -OCH3 is 1. The van der Waals surface area contributed by atoms with Crippen LogP contribution in [0, 0.1) is 13.8 Å². The summed E-state index contributed by atoms with van der Waals surface area (Å²) in [6, 6.07) is 4.79. The van der Waals surface area contributed by atoms with Crippen LogP contribution in [0.5, 0.6) is 0 Å². The van der Waals surface area contributed by atoms with Crippen molar-refractivity contribution in [3.05, 3.63) is 29.1 Å². The van der Waals surface area contributed by atoms with Gasteiger partial charge in [0.05, 0.1) is 0 Å². The first-order chi connectivity index (χ1) is 8.67. The van der Waals surface area contributed by atoms with Gasteiger partial charge in [-0.3, -0.25) is 4.98 Å². The third kappa shape index (κ3) is 5.15. The van der Waals surface area contributed by atoms with E-state index in [1.165, 1.54) is 5.56 Å². The van der Waals surface area contributed by atoms with E-state index < -0.39 is 0 Å². The molecule has 1 atom stereocenters. The van der Waals surface area contributed by atoms with E-state index in [0.717, 1.165) is 43.8 Å². The summed E-state index contributed by atoms with van der Waals surface area (Å²) in [4.78, 5) is 4.44. The van der Waals surface area contributed by atoms with Crippen LogP contribution in [-0.2, 0) is 4.74 Å². The Bertz CT molecular complexity index is 332. The number of ether oxygens (including phenoxy) is 1. The van der Waals surface area contributed by atoms with Crippen molar-refractivity contribution in [2.45, 2.75) is 46.1 Å². The molecule has 1 aromatic rings. The highest BCUT2D eigenvalue weighted by atomic mass is 16.5. The fourth-order valence-electron chi connectivity index (χ4n) is 2.20. The second kappa shape index (κ2) is 8.22. The zero-order chi connectivity index (χ0) is 13.4. The summed E-state index contributed by atoms with van der Waals surface area (Å²) in [5, 5.41) is 3.62. The smallest absolute Gasteiger partial charge is 0.0462 e. The van der Waals surface area contributed by atoms with Gasteiger partial charge in [0.25, 0.3) is 0 Å². The molecule has 0 aromatic carbocycles. The van der Waals surface area contributed by atoms with Crippen molar-refractivity contribution in [3.8, 4) is 0 Å². The van der Waals surface area contributed by atoms with Gasteiger partial charge in [-0.05, 0) is 57.4 Å². The number of hydrogen-bond acceptors (Lipinski definition) is 3. The van der Waals surface area contributed by atoms with Crippen LogP contribution < -0.4 is 5.32 Å². The first-order valence-corrected chi connectivity index (χ1v) is 6.85. The minimum atomic E-state index is 0.417. The Morgan fingerprint density at radius 3 is 2.50 bits per heavy atom. The molecule has 0 aliphatic rings. The van der Waals surface area contributed by atoms with E-state index in [1.54, 1.807) is 7.11 Å². The second-order valence-electron chi connectivity index (χ2n) is 4.82. The zero-order valence-electron chi connectivity index (χ0n) is 12.1. The van der Waals surface area contributed by atoms with E-state index >= 15 is 0 Å². The minimum absolute atomic E-state index is 0.417. The van der Waals surface area contributed by atoms with Crippen LogP contribution in [-0.4, -0.2) is 25.2 Å². The molecule has 0 spiro atoms. The van der Waals surface area contributed by atoms with E-state index in [4.69, 9.17) is 4.74 Å². The standard InChI is InChI=1S/C15H26N2O/c1-5-8-16-15(7-6-9-18-4)14-10-12(2)17-13(3)11-14/h10-11,15-16H,5-9H2,1-4H3. The number of aryl methyl sites for hydroxylation is 2. The largest absolute Gasteiger partial charge is 0.385 e. The molecule has 1 heterocycles. The summed E-state index contributed by atoms with van der Waals surface area (Å²) < 4.78 is 5.14. The Labute approximate surface area is 111 Å². The van der Waals surface area contributed by atoms with Gasteiger partial charge in [-0.2, -0.15) is 0 Å². The van der Waals surface area contributed by atoms with E-state index in [9.17, 15) is 0 Å². The quantitative estimate of drug-likeness (QED) is 0.720. The molecule has 0 radical (unpaired) electrons. The third-order valence-electron chi connectivity index (χ3n) is 2.99. The first-order valence-electron chi connectivity index (χ1n) is 6.85. The number of nitrogens with zero attached hydrogens (tertiary/aromatic N) is 1. The van der Waals surface area contributed by atoms with Gasteiger partial charge in [0.1, 0.15) is 0 Å². The molecule has 0 saturated carbocycles. The van der Waals surface area contributed by atoms with Gasteiger partial charge in [-0.1, -0.05) is 6.92 Å². The normalized spacial score (nSPS) is 12.7. The molecular weight excluding hydrogens is 224 g/mol. The van der Waals surface area contributed by atoms with Gasteiger partial charge in [0.2, 0.25) is 0 Å². The van der Waals surface area contributed by atoms with Crippen molar-refractivity contribution in [2.75, 3.05) is 20.3 Å². The van der Waals surface area contributed by atoms with E-state index in [-0.39, 0.29) is 0 Å². The van der Waals surface area contributed by atoms with Crippen LogP contribution in [0.1, 0.15) is 49.2 Å². The monoisotopic (exact) mass is 250 g/mol. The predicted octanol–water partition coefficient (Wildman–Crippen LogP) is 3.17. The molecule has 0 saturated heterocycles. The average Bonchev–Trinajstić information content (AvgIpc) is 2.32. The first kappa shape index (κ1) is 15.1. The maximum atomic E-state index is 5.14. The Morgan fingerprint density at radius 2 is 1.94 bits per heavy atom. The van der Waals surface area contributed by atoms with Gasteiger partial charge in [0, 0.05) is 31.1 Å². The summed E-state index contributed by atoms with van der Waals surface area (Å²) in [6.45, 7) is 8.19. The number of rotatable bonds is 8. The van der Waals surface area contributed by atoms with E-state index in [2.05, 4.69) is 43.2 Å². The van der Waals surface area contributed by atoms with Crippen LogP contribution in [0.3, 0.4) is 0 Å². The maximum Gasteiger partial charge on any atom is 0.0462 e. The molecule has 0 fully saturated rings. The zero-order valence-corrected chi connectivity index (χ0v) is 12.1. The summed E-state index contributed by atoms with van der Waals surface area (Å²) in [6.07, 6.45) is 3.35. The minimum Gasteiger partial charge on any atom is -0.385 e. The Morgan fingerprint density at radius 1 is 1.28 bits per heavy atom. The lowest BCUT2D eigenvalue weighted by molar-refractivity contribution is 0.188. The van der Waals surface area contributed by atoms with Gasteiger partial charge >= 0.3 is 0 Å². The number of pyridine rings is 1. The fraction of sp³-hybridized carbons (Fsp3) is 0.667. The molecule has 0 aliphatic carbocycles. The molecule has 0 amide bonds. The van der Waals surface area contributed by atoms with Crippen molar-refractivity contribution in [2.24, 2.45) is 0 Å². The topological polar surface area (TPSA) is 34.1 Å². The highest BCUT2D eigenvalue weighted by Crippen LogP contribution is 2.20. The second-order valence-corrected chi connectivity index (χ2v) is 4.82. The molecule has 1 unspecified atom stereocenters. The van der Waals surface area contributed by atoms with Crippen LogP contribution >= 0.6 is 0 Å². The van der Waals surface area contributed by atoms with Crippen LogP contribution in [0.15, 0.2) is 12.1 Å². The lowest BCUT2D eigenvalue weighted by Gasteiger charge is -2.19. The molecule has 18 heavy (non-hydrogen) atoms. The highest BCUT2D eigenvalue weighted by Gasteiger charge is 2.11. The van der Waals surface area contributed by atoms with Crippen molar-refractivity contribution in [1.29, 1.82) is 0 Å². The van der Waals surface area contributed by atoms with Crippen LogP contribution in [0.4, 0.5) is 0 Å². The van der Waals surface area contributed by atoms with E-state index in [0.29, 0.717) is 6.04 Å². The lowest BCUT2D eigenvalue weighted by Crippen LogP contribution is -2.23. The molecule has 0 aliphatic heterocycles. The summed E-state index contributed by atoms with van der Waals surface area (Å²) in [7, 11) is 1.76. The number of hydrogen-bond donors (Lipinski definition) is 1. The Kier molecular flexibility index (Phi) is 6.91. The molecule has 1 N–H and O–H groups in total. The molecular formula is C15H26N2O. The Balaban J connectivity index is 2.72. The summed E-state index contributed by atoms with van der Waals surface area (Å²) in [5.74, 6) is 0. The molecule has 1 aromatic heterocycles. The predicted molar refractivity (Wildman–Crippen MR) is 75.9 cm³/mol. The van der Waals surface area contributed by atoms with Gasteiger partial charge in [-0.25, -0.2) is 0 Å². The van der Waals surface area contributed by atoms with Crippen molar-refractivity contribution >= 4 is 0 Å². The van der Waals surface area contributed by atoms with Gasteiger partial charge in [0.15, 0.2) is 0 Å². The fourth-order valence-corrected chi connectivity index (χ4v) is 2.20. The summed E-state index contributed by atoms with van der Waals surface area (Å²) >= 11 is 0. The number of nitrogens with one attached hydrogen (secondary N) is 1. The number of aromatic nitrogens is 1. The highest BCUT2D eigenvalue weighted by molar-refractivity contribution is 5.23. The van der Waals surface area contributed by atoms with E-state index in [1.807, 2.05) is 0 Å². The molecule has 1 rings (SSSR count). The maximum absolute atomic E-state index is 5.14. The molecule has 102 valence electrons. The molecule has 3 heteroatoms. The Hall–Kier alpha value is -0.930. The molecule has 0 bridgehead atoms. The lowest BCUT2D eigenvalue weighted by atomic mass is 10.0. The third-order valence-corrected chi connectivity index (χ3v) is 2.99. The van der Waals surface area contributed by atoms with Crippen molar-refractivity contribution in [3.63, 3.8) is 0 Å².